The van der Waals surface area contributed by atoms with E-state index in [9.17, 15) is 4.79 Å². The summed E-state index contributed by atoms with van der Waals surface area (Å²) in [5, 5.41) is 8.06. The van der Waals surface area contributed by atoms with Gasteiger partial charge in [0, 0.05) is 11.6 Å². The van der Waals surface area contributed by atoms with Crippen LogP contribution < -0.4 is 0 Å². The fourth-order valence-electron chi connectivity index (χ4n) is 5.36. The first-order chi connectivity index (χ1) is 15.6. The zero-order valence-electron chi connectivity index (χ0n) is 19.7. The highest BCUT2D eigenvalue weighted by Crippen LogP contribution is 2.45. The van der Waals surface area contributed by atoms with E-state index in [2.05, 4.69) is 19.8 Å². The Morgan fingerprint density at radius 2 is 1.59 bits per heavy atom. The average Bonchev–Trinajstić information content (AvgIpc) is 2.81. The van der Waals surface area contributed by atoms with Crippen molar-refractivity contribution in [2.45, 2.75) is 77.2 Å². The van der Waals surface area contributed by atoms with Gasteiger partial charge >= 0.3 is 5.97 Å². The standard InChI is InChI=1S/C14H25N.C13H12N2O2/c1-2-7-14(8-3-1)9-11-15(12-10-14)13-5-4-6-13;1-9-3-8-12(15-14-9)10-4-6-11(7-5-10)13(16)17-2/h13H,1-12H2;3-8H,1-2H3. The van der Waals surface area contributed by atoms with Gasteiger partial charge in [0.25, 0.3) is 0 Å². The molecule has 1 saturated heterocycles. The normalized spacial score (nSPS) is 20.7. The quantitative estimate of drug-likeness (QED) is 0.568. The Morgan fingerprint density at radius 1 is 0.906 bits per heavy atom. The topological polar surface area (TPSA) is 55.3 Å². The van der Waals surface area contributed by atoms with Gasteiger partial charge in [0.2, 0.25) is 0 Å². The molecule has 2 aliphatic carbocycles. The molecule has 5 rings (SSSR count). The van der Waals surface area contributed by atoms with Crippen molar-refractivity contribution in [2.24, 2.45) is 5.41 Å². The number of aryl methyl sites for hydroxylation is 1. The molecule has 2 heterocycles. The molecule has 0 N–H and O–H groups in total. The first-order valence-electron chi connectivity index (χ1n) is 12.3. The number of hydrogen-bond donors (Lipinski definition) is 0. The summed E-state index contributed by atoms with van der Waals surface area (Å²) >= 11 is 0. The highest BCUT2D eigenvalue weighted by molar-refractivity contribution is 5.89. The number of carbonyl (C=O) groups is 1. The SMILES string of the molecule is C1CCC2(CC1)CCN(C1CCC1)CC2.COC(=O)c1ccc(-c2ccc(C)nn2)cc1. The van der Waals surface area contributed by atoms with Crippen LogP contribution in [0.2, 0.25) is 0 Å². The van der Waals surface area contributed by atoms with Crippen molar-refractivity contribution in [1.29, 1.82) is 0 Å². The zero-order chi connectivity index (χ0) is 22.4. The van der Waals surface area contributed by atoms with E-state index in [4.69, 9.17) is 0 Å². The molecule has 32 heavy (non-hydrogen) atoms. The number of methoxy groups -OCH3 is 1. The number of rotatable bonds is 3. The van der Waals surface area contributed by atoms with Crippen LogP contribution in [-0.2, 0) is 4.74 Å². The Bertz CT molecular complexity index is 859. The molecule has 3 fully saturated rings. The van der Waals surface area contributed by atoms with E-state index < -0.39 is 0 Å². The van der Waals surface area contributed by atoms with Gasteiger partial charge in [0.05, 0.1) is 24.1 Å². The molecule has 1 aliphatic heterocycles. The van der Waals surface area contributed by atoms with E-state index in [0.29, 0.717) is 5.56 Å². The van der Waals surface area contributed by atoms with Crippen molar-refractivity contribution >= 4 is 5.97 Å². The Kier molecular flexibility index (Phi) is 7.56. The van der Waals surface area contributed by atoms with E-state index in [0.717, 1.165) is 28.4 Å². The zero-order valence-corrected chi connectivity index (χ0v) is 19.7. The van der Waals surface area contributed by atoms with Crippen LogP contribution in [0.3, 0.4) is 0 Å². The second-order valence-electron chi connectivity index (χ2n) is 9.81. The molecule has 1 aromatic heterocycles. The number of esters is 1. The Labute approximate surface area is 192 Å². The van der Waals surface area contributed by atoms with Gasteiger partial charge in [-0.15, -0.1) is 0 Å². The molecule has 0 unspecified atom stereocenters. The van der Waals surface area contributed by atoms with Crippen molar-refractivity contribution < 1.29 is 9.53 Å². The average molecular weight is 436 g/mol. The van der Waals surface area contributed by atoms with E-state index in [1.807, 2.05) is 31.2 Å². The minimum absolute atomic E-state index is 0.341. The largest absolute Gasteiger partial charge is 0.465 e. The van der Waals surface area contributed by atoms with Crippen LogP contribution in [0.4, 0.5) is 0 Å². The van der Waals surface area contributed by atoms with Crippen molar-refractivity contribution in [3.63, 3.8) is 0 Å². The minimum Gasteiger partial charge on any atom is -0.465 e. The van der Waals surface area contributed by atoms with Gasteiger partial charge in [-0.05, 0) is 88.2 Å². The highest BCUT2D eigenvalue weighted by atomic mass is 16.5. The minimum atomic E-state index is -0.341. The molecule has 3 aliphatic rings. The maximum absolute atomic E-state index is 11.3. The smallest absolute Gasteiger partial charge is 0.337 e. The number of benzene rings is 1. The summed E-state index contributed by atoms with van der Waals surface area (Å²) in [5.41, 5.74) is 3.91. The summed E-state index contributed by atoms with van der Waals surface area (Å²) in [6.07, 6.45) is 15.2. The van der Waals surface area contributed by atoms with Gasteiger partial charge in [0.15, 0.2) is 0 Å². The van der Waals surface area contributed by atoms with Gasteiger partial charge in [-0.2, -0.15) is 10.2 Å². The van der Waals surface area contributed by atoms with Gasteiger partial charge in [-0.25, -0.2) is 4.79 Å². The number of likely N-dealkylation sites (tertiary alicyclic amines) is 1. The van der Waals surface area contributed by atoms with Crippen molar-refractivity contribution in [3.8, 4) is 11.3 Å². The predicted molar refractivity (Wildman–Crippen MR) is 128 cm³/mol. The molecular weight excluding hydrogens is 398 g/mol. The lowest BCUT2D eigenvalue weighted by Crippen LogP contribution is -2.48. The van der Waals surface area contributed by atoms with Crippen LogP contribution in [0.1, 0.15) is 80.3 Å². The molecule has 172 valence electrons. The van der Waals surface area contributed by atoms with Crippen molar-refractivity contribution in [2.75, 3.05) is 20.2 Å². The van der Waals surface area contributed by atoms with Crippen LogP contribution in [0, 0.1) is 12.3 Å². The van der Waals surface area contributed by atoms with Crippen molar-refractivity contribution in [1.82, 2.24) is 15.1 Å². The molecule has 2 aromatic rings. The molecular formula is C27H37N3O2. The van der Waals surface area contributed by atoms with E-state index in [-0.39, 0.29) is 5.97 Å². The van der Waals surface area contributed by atoms with Gasteiger partial charge in [0.1, 0.15) is 0 Å². The van der Waals surface area contributed by atoms with Gasteiger partial charge < -0.3 is 9.64 Å². The second-order valence-corrected chi connectivity index (χ2v) is 9.81. The molecule has 0 amide bonds. The third-order valence-electron chi connectivity index (χ3n) is 7.76. The summed E-state index contributed by atoms with van der Waals surface area (Å²) in [6.45, 7) is 4.73. The number of hydrogen-bond acceptors (Lipinski definition) is 5. The molecule has 0 bridgehead atoms. The maximum Gasteiger partial charge on any atom is 0.337 e. The number of aromatic nitrogens is 2. The lowest BCUT2D eigenvalue weighted by atomic mass is 9.67. The maximum atomic E-state index is 11.3. The van der Waals surface area contributed by atoms with Crippen LogP contribution in [0.15, 0.2) is 36.4 Å². The second kappa shape index (κ2) is 10.6. The fourth-order valence-corrected chi connectivity index (χ4v) is 5.36. The Morgan fingerprint density at radius 3 is 2.12 bits per heavy atom. The third-order valence-corrected chi connectivity index (χ3v) is 7.76. The van der Waals surface area contributed by atoms with E-state index in [1.165, 1.54) is 71.6 Å². The number of carbonyl (C=O) groups excluding carboxylic acids is 1. The molecule has 5 nitrogen and oxygen atoms in total. The van der Waals surface area contributed by atoms with Crippen LogP contribution >= 0.6 is 0 Å². The first-order valence-corrected chi connectivity index (χ1v) is 12.3. The molecule has 0 radical (unpaired) electrons. The van der Waals surface area contributed by atoms with Crippen molar-refractivity contribution in [3.05, 3.63) is 47.7 Å². The lowest BCUT2D eigenvalue weighted by molar-refractivity contribution is 0.0236. The summed E-state index contributed by atoms with van der Waals surface area (Å²) < 4.78 is 4.63. The molecule has 1 spiro atoms. The summed E-state index contributed by atoms with van der Waals surface area (Å²) in [5.74, 6) is -0.341. The van der Waals surface area contributed by atoms with E-state index >= 15 is 0 Å². The molecule has 0 atom stereocenters. The fraction of sp³-hybridized carbons (Fsp3) is 0.593. The lowest BCUT2D eigenvalue weighted by Gasteiger charge is -2.48. The van der Waals surface area contributed by atoms with Crippen LogP contribution in [0.25, 0.3) is 11.3 Å². The van der Waals surface area contributed by atoms with Gasteiger partial charge in [-0.1, -0.05) is 37.8 Å². The number of ether oxygens (including phenoxy) is 1. The molecule has 5 heteroatoms. The van der Waals surface area contributed by atoms with Gasteiger partial charge in [-0.3, -0.25) is 0 Å². The summed E-state index contributed by atoms with van der Waals surface area (Å²) in [4.78, 5) is 14.1. The predicted octanol–water partition coefficient (Wildman–Crippen LogP) is 5.82. The summed E-state index contributed by atoms with van der Waals surface area (Å²) in [6, 6.07) is 11.9. The monoisotopic (exact) mass is 435 g/mol. The molecule has 2 saturated carbocycles. The Balaban J connectivity index is 0.000000154. The summed E-state index contributed by atoms with van der Waals surface area (Å²) in [7, 11) is 1.36. The number of nitrogens with zero attached hydrogens (tertiary/aromatic N) is 3. The Hall–Kier alpha value is -2.27. The van der Waals surface area contributed by atoms with Crippen LogP contribution in [0.5, 0.6) is 0 Å². The number of piperidine rings is 1. The highest BCUT2D eigenvalue weighted by Gasteiger charge is 2.37. The first kappa shape index (κ1) is 22.9. The van der Waals surface area contributed by atoms with Crippen LogP contribution in [-0.4, -0.2) is 47.3 Å². The third kappa shape index (κ3) is 5.55. The molecule has 1 aromatic carbocycles. The van der Waals surface area contributed by atoms with E-state index in [1.54, 1.807) is 25.0 Å².